The number of nitrogens with zero attached hydrogens (tertiary/aromatic N) is 2. The van der Waals surface area contributed by atoms with Gasteiger partial charge in [0.1, 0.15) is 7.05 Å². The highest BCUT2D eigenvalue weighted by Crippen LogP contribution is 2.21. The predicted octanol–water partition coefficient (Wildman–Crippen LogP) is 4.13. The molecule has 5 nitrogen and oxygen atoms in total. The van der Waals surface area contributed by atoms with Crippen LogP contribution in [0.4, 0.5) is 22.7 Å². The molecule has 0 aliphatic carbocycles. The SMILES string of the molecule is CN(NCc1cc[n+](C)c2ccccc12)c1ccc(Nc2ccc(N)cc2)cc1. The molecule has 146 valence electrons. The van der Waals surface area contributed by atoms with Crippen molar-refractivity contribution in [2.75, 3.05) is 23.1 Å². The van der Waals surface area contributed by atoms with Crippen LogP contribution in [0.15, 0.2) is 85.1 Å². The lowest BCUT2D eigenvalue weighted by Gasteiger charge is -2.21. The van der Waals surface area contributed by atoms with Crippen molar-refractivity contribution in [2.45, 2.75) is 6.54 Å². The van der Waals surface area contributed by atoms with Crippen LogP contribution in [0.3, 0.4) is 0 Å². The van der Waals surface area contributed by atoms with E-state index in [0.29, 0.717) is 0 Å². The summed E-state index contributed by atoms with van der Waals surface area (Å²) in [6.45, 7) is 0.753. The third-order valence-corrected chi connectivity index (χ3v) is 5.09. The maximum absolute atomic E-state index is 5.74. The van der Waals surface area contributed by atoms with Crippen molar-refractivity contribution in [2.24, 2.45) is 7.05 Å². The molecule has 4 N–H and O–H groups in total. The Balaban J connectivity index is 1.42. The van der Waals surface area contributed by atoms with Crippen LogP contribution in [0.2, 0.25) is 0 Å². The maximum Gasteiger partial charge on any atom is 0.212 e. The van der Waals surface area contributed by atoms with E-state index >= 15 is 0 Å². The molecule has 3 aromatic carbocycles. The molecule has 0 saturated carbocycles. The van der Waals surface area contributed by atoms with Gasteiger partial charge < -0.3 is 16.1 Å². The highest BCUT2D eigenvalue weighted by Gasteiger charge is 2.09. The van der Waals surface area contributed by atoms with Gasteiger partial charge in [-0.15, -0.1) is 0 Å². The number of pyridine rings is 1. The van der Waals surface area contributed by atoms with Crippen molar-refractivity contribution in [1.82, 2.24) is 5.43 Å². The van der Waals surface area contributed by atoms with Gasteiger partial charge in [0.25, 0.3) is 0 Å². The average Bonchev–Trinajstić information content (AvgIpc) is 2.75. The first kappa shape index (κ1) is 18.8. The first-order valence-electron chi connectivity index (χ1n) is 9.66. The molecule has 0 amide bonds. The number of nitrogen functional groups attached to an aromatic ring is 1. The number of aromatic nitrogens is 1. The predicted molar refractivity (Wildman–Crippen MR) is 121 cm³/mol. The zero-order valence-corrected chi connectivity index (χ0v) is 16.8. The summed E-state index contributed by atoms with van der Waals surface area (Å²) in [4.78, 5) is 0. The summed E-state index contributed by atoms with van der Waals surface area (Å²) < 4.78 is 2.15. The lowest BCUT2D eigenvalue weighted by atomic mass is 10.1. The second kappa shape index (κ2) is 8.20. The largest absolute Gasteiger partial charge is 0.399 e. The minimum atomic E-state index is 0.753. The average molecular weight is 385 g/mol. The van der Waals surface area contributed by atoms with Crippen LogP contribution in [0.1, 0.15) is 5.56 Å². The van der Waals surface area contributed by atoms with Crippen molar-refractivity contribution in [3.63, 3.8) is 0 Å². The third-order valence-electron chi connectivity index (χ3n) is 5.09. The number of aryl methyl sites for hydroxylation is 1. The van der Waals surface area contributed by atoms with Gasteiger partial charge in [0.15, 0.2) is 6.20 Å². The van der Waals surface area contributed by atoms with E-state index in [1.165, 1.54) is 16.5 Å². The summed E-state index contributed by atoms with van der Waals surface area (Å²) in [5.41, 5.74) is 15.6. The van der Waals surface area contributed by atoms with Crippen LogP contribution in [0, 0.1) is 0 Å². The molecule has 0 bridgehead atoms. The van der Waals surface area contributed by atoms with Crippen LogP contribution in [-0.2, 0) is 13.6 Å². The molecule has 0 radical (unpaired) electrons. The Bertz CT molecular complexity index is 1100. The van der Waals surface area contributed by atoms with Gasteiger partial charge in [-0.3, -0.25) is 0 Å². The lowest BCUT2D eigenvalue weighted by molar-refractivity contribution is -0.644. The second-order valence-electron chi connectivity index (χ2n) is 7.16. The molecule has 0 saturated heterocycles. The summed E-state index contributed by atoms with van der Waals surface area (Å²) in [5, 5.41) is 6.70. The van der Waals surface area contributed by atoms with Crippen LogP contribution < -0.4 is 26.1 Å². The summed E-state index contributed by atoms with van der Waals surface area (Å²) in [6, 6.07) is 26.7. The summed E-state index contributed by atoms with van der Waals surface area (Å²) in [5.74, 6) is 0. The minimum Gasteiger partial charge on any atom is -0.399 e. The Morgan fingerprint density at radius 2 is 1.52 bits per heavy atom. The molecule has 0 fully saturated rings. The van der Waals surface area contributed by atoms with Gasteiger partial charge >= 0.3 is 0 Å². The smallest absolute Gasteiger partial charge is 0.212 e. The Labute approximate surface area is 171 Å². The molecule has 29 heavy (non-hydrogen) atoms. The molecule has 0 aliphatic rings. The van der Waals surface area contributed by atoms with Crippen LogP contribution >= 0.6 is 0 Å². The van der Waals surface area contributed by atoms with E-state index in [4.69, 9.17) is 5.73 Å². The number of nitrogens with two attached hydrogens (primary N) is 1. The van der Waals surface area contributed by atoms with Gasteiger partial charge in [0, 0.05) is 42.8 Å². The quantitative estimate of drug-likeness (QED) is 0.266. The molecular formula is C24H26N5+. The van der Waals surface area contributed by atoms with Crippen molar-refractivity contribution < 1.29 is 4.57 Å². The first-order valence-corrected chi connectivity index (χ1v) is 9.66. The number of anilines is 4. The third kappa shape index (κ3) is 4.31. The highest BCUT2D eigenvalue weighted by molar-refractivity contribution is 5.79. The van der Waals surface area contributed by atoms with Gasteiger partial charge in [-0.1, -0.05) is 12.1 Å². The first-order chi connectivity index (χ1) is 14.1. The lowest BCUT2D eigenvalue weighted by Crippen LogP contribution is -2.34. The Morgan fingerprint density at radius 1 is 0.862 bits per heavy atom. The van der Waals surface area contributed by atoms with Gasteiger partial charge in [0.2, 0.25) is 5.52 Å². The Morgan fingerprint density at radius 3 is 2.24 bits per heavy atom. The summed E-state index contributed by atoms with van der Waals surface area (Å²) in [6.07, 6.45) is 2.11. The molecule has 0 unspecified atom stereocenters. The maximum atomic E-state index is 5.74. The molecule has 5 heteroatoms. The van der Waals surface area contributed by atoms with Crippen LogP contribution in [0.25, 0.3) is 10.9 Å². The summed E-state index contributed by atoms with van der Waals surface area (Å²) in [7, 11) is 4.11. The fourth-order valence-electron chi connectivity index (χ4n) is 3.38. The van der Waals surface area contributed by atoms with Gasteiger partial charge in [0.05, 0.1) is 11.1 Å². The van der Waals surface area contributed by atoms with E-state index in [-0.39, 0.29) is 0 Å². The van der Waals surface area contributed by atoms with Gasteiger partial charge in [-0.05, 0) is 60.2 Å². The molecule has 4 aromatic rings. The normalized spacial score (nSPS) is 10.8. The molecule has 0 atom stereocenters. The van der Waals surface area contributed by atoms with Crippen molar-refractivity contribution >= 4 is 33.7 Å². The molecule has 1 aromatic heterocycles. The zero-order valence-electron chi connectivity index (χ0n) is 16.8. The molecule has 4 rings (SSSR count). The molecular weight excluding hydrogens is 358 g/mol. The standard InChI is InChI=1S/C24H26N5/c1-28-16-15-18(23-5-3-4-6-24(23)28)17-26-29(2)22-13-11-21(12-14-22)27-20-9-7-19(25)8-10-20/h3-16,26-27H,17,25H2,1-2H3/q+1. The number of para-hydroxylation sites is 1. The highest BCUT2D eigenvalue weighted by atomic mass is 15.5. The Kier molecular flexibility index (Phi) is 5.31. The van der Waals surface area contributed by atoms with E-state index < -0.39 is 0 Å². The second-order valence-corrected chi connectivity index (χ2v) is 7.16. The van der Waals surface area contributed by atoms with E-state index in [2.05, 4.69) is 88.2 Å². The van der Waals surface area contributed by atoms with E-state index in [1.54, 1.807) is 0 Å². The topological polar surface area (TPSA) is 57.2 Å². The van der Waals surface area contributed by atoms with Crippen LogP contribution in [0.5, 0.6) is 0 Å². The number of hydrogen-bond acceptors (Lipinski definition) is 4. The van der Waals surface area contributed by atoms with Crippen molar-refractivity contribution in [1.29, 1.82) is 0 Å². The number of fused-ring (bicyclic) bond motifs is 1. The monoisotopic (exact) mass is 384 g/mol. The Hall–Kier alpha value is -3.57. The van der Waals surface area contributed by atoms with E-state index in [9.17, 15) is 0 Å². The molecule has 0 aliphatic heterocycles. The van der Waals surface area contributed by atoms with Crippen LogP contribution in [-0.4, -0.2) is 7.05 Å². The van der Waals surface area contributed by atoms with E-state index in [0.717, 1.165) is 29.3 Å². The zero-order chi connectivity index (χ0) is 20.2. The molecule has 0 spiro atoms. The minimum absolute atomic E-state index is 0.753. The van der Waals surface area contributed by atoms with Crippen molar-refractivity contribution in [3.8, 4) is 0 Å². The van der Waals surface area contributed by atoms with Crippen molar-refractivity contribution in [3.05, 3.63) is 90.6 Å². The fraction of sp³-hybridized carbons (Fsp3) is 0.125. The number of benzene rings is 3. The van der Waals surface area contributed by atoms with Gasteiger partial charge in [-0.2, -0.15) is 0 Å². The molecule has 1 heterocycles. The van der Waals surface area contributed by atoms with Gasteiger partial charge in [-0.25, -0.2) is 9.99 Å². The fourth-order valence-corrected chi connectivity index (χ4v) is 3.38. The number of hydrazine groups is 1. The number of nitrogens with one attached hydrogen (secondary N) is 2. The number of rotatable bonds is 6. The number of hydrogen-bond donors (Lipinski definition) is 3. The van der Waals surface area contributed by atoms with E-state index in [1.807, 2.05) is 31.3 Å². The summed E-state index contributed by atoms with van der Waals surface area (Å²) >= 11 is 0.